The summed E-state index contributed by atoms with van der Waals surface area (Å²) in [6, 6.07) is 0. The number of hydrogen-bond donors (Lipinski definition) is 1. The Kier molecular flexibility index (Phi) is 3.55. The summed E-state index contributed by atoms with van der Waals surface area (Å²) in [6.45, 7) is 1.99. The van der Waals surface area contributed by atoms with E-state index in [1.807, 2.05) is 0 Å². The summed E-state index contributed by atoms with van der Waals surface area (Å²) in [7, 11) is 0. The van der Waals surface area contributed by atoms with E-state index in [2.05, 4.69) is 0 Å². The standard InChI is InChI=1S/C10H14O3/c1-8(11)6-7-13-10-4-2-9(12)3-5-10/h2,4,12H,3,5-7H2,1H3. The highest BCUT2D eigenvalue weighted by atomic mass is 16.5. The molecule has 0 radical (unpaired) electrons. The van der Waals surface area contributed by atoms with Gasteiger partial charge in [-0.05, 0) is 19.1 Å². The first-order chi connectivity index (χ1) is 6.18. The maximum atomic E-state index is 10.6. The topological polar surface area (TPSA) is 46.5 Å². The molecule has 0 aliphatic heterocycles. The van der Waals surface area contributed by atoms with E-state index >= 15 is 0 Å². The number of ether oxygens (including phenoxy) is 1. The molecule has 13 heavy (non-hydrogen) atoms. The smallest absolute Gasteiger partial charge is 0.133 e. The van der Waals surface area contributed by atoms with E-state index in [-0.39, 0.29) is 5.78 Å². The van der Waals surface area contributed by atoms with E-state index in [0.717, 1.165) is 12.2 Å². The van der Waals surface area contributed by atoms with Gasteiger partial charge in [0.05, 0.1) is 18.1 Å². The molecular formula is C10H14O3. The fourth-order valence-corrected chi connectivity index (χ4v) is 1.05. The SMILES string of the molecule is CC(=O)CCOC1=CC=C(O)CC1. The number of rotatable bonds is 4. The molecule has 0 heterocycles. The predicted octanol–water partition coefficient (Wildman–Crippen LogP) is 2.10. The molecule has 3 nitrogen and oxygen atoms in total. The Hall–Kier alpha value is -1.25. The van der Waals surface area contributed by atoms with Crippen molar-refractivity contribution in [2.45, 2.75) is 26.2 Å². The summed E-state index contributed by atoms with van der Waals surface area (Å²) in [5, 5.41) is 9.05. The van der Waals surface area contributed by atoms with Crippen molar-refractivity contribution < 1.29 is 14.6 Å². The van der Waals surface area contributed by atoms with Crippen molar-refractivity contribution in [1.29, 1.82) is 0 Å². The van der Waals surface area contributed by atoms with Gasteiger partial charge >= 0.3 is 0 Å². The monoisotopic (exact) mass is 182 g/mol. The van der Waals surface area contributed by atoms with Crippen molar-refractivity contribution in [3.63, 3.8) is 0 Å². The van der Waals surface area contributed by atoms with Crippen molar-refractivity contribution in [2.75, 3.05) is 6.61 Å². The lowest BCUT2D eigenvalue weighted by Gasteiger charge is -2.12. The zero-order valence-electron chi connectivity index (χ0n) is 7.75. The molecule has 0 saturated heterocycles. The number of carbonyl (C=O) groups is 1. The molecule has 0 aromatic rings. The fraction of sp³-hybridized carbons (Fsp3) is 0.500. The molecule has 3 heteroatoms. The Morgan fingerprint density at radius 2 is 2.31 bits per heavy atom. The van der Waals surface area contributed by atoms with Gasteiger partial charge in [0, 0.05) is 19.3 Å². The Bertz CT molecular complexity index is 251. The third kappa shape index (κ3) is 3.78. The minimum atomic E-state index is 0.134. The van der Waals surface area contributed by atoms with Crippen molar-refractivity contribution in [3.8, 4) is 0 Å². The number of allylic oxidation sites excluding steroid dienone is 4. The van der Waals surface area contributed by atoms with Gasteiger partial charge in [-0.2, -0.15) is 0 Å². The number of Topliss-reactive ketones (excluding diaryl/α,β-unsaturated/α-hetero) is 1. The number of ketones is 1. The van der Waals surface area contributed by atoms with Crippen LogP contribution >= 0.6 is 0 Å². The second kappa shape index (κ2) is 4.70. The molecule has 0 bridgehead atoms. The van der Waals surface area contributed by atoms with E-state index in [1.54, 1.807) is 19.1 Å². The van der Waals surface area contributed by atoms with Crippen molar-refractivity contribution >= 4 is 5.78 Å². The normalized spacial score (nSPS) is 16.1. The van der Waals surface area contributed by atoms with Crippen molar-refractivity contribution in [1.82, 2.24) is 0 Å². The average Bonchev–Trinajstić information content (AvgIpc) is 2.08. The second-order valence-electron chi connectivity index (χ2n) is 3.09. The molecule has 0 saturated carbocycles. The molecule has 1 N–H and O–H groups in total. The third-order valence-electron chi connectivity index (χ3n) is 1.83. The molecule has 0 amide bonds. The lowest BCUT2D eigenvalue weighted by Crippen LogP contribution is -2.02. The molecule has 1 aliphatic rings. The van der Waals surface area contributed by atoms with Crippen molar-refractivity contribution in [3.05, 3.63) is 23.7 Å². The Morgan fingerprint density at radius 3 is 2.85 bits per heavy atom. The third-order valence-corrected chi connectivity index (χ3v) is 1.83. The van der Waals surface area contributed by atoms with Crippen LogP contribution in [0.1, 0.15) is 26.2 Å². The highest BCUT2D eigenvalue weighted by Crippen LogP contribution is 2.17. The van der Waals surface area contributed by atoms with Gasteiger partial charge in [-0.3, -0.25) is 4.79 Å². The second-order valence-corrected chi connectivity index (χ2v) is 3.09. The van der Waals surface area contributed by atoms with Gasteiger partial charge in [0.25, 0.3) is 0 Å². The number of aliphatic hydroxyl groups excluding tert-OH is 1. The van der Waals surface area contributed by atoms with Crippen LogP contribution in [-0.4, -0.2) is 17.5 Å². The van der Waals surface area contributed by atoms with Crippen LogP contribution in [0.2, 0.25) is 0 Å². The van der Waals surface area contributed by atoms with E-state index in [0.29, 0.717) is 25.2 Å². The first-order valence-electron chi connectivity index (χ1n) is 4.39. The van der Waals surface area contributed by atoms with E-state index in [1.165, 1.54) is 0 Å². The number of hydrogen-bond acceptors (Lipinski definition) is 3. The molecule has 0 unspecified atom stereocenters. The van der Waals surface area contributed by atoms with Crippen molar-refractivity contribution in [2.24, 2.45) is 0 Å². The van der Waals surface area contributed by atoms with Crippen LogP contribution in [0.4, 0.5) is 0 Å². The number of aliphatic hydroxyl groups is 1. The van der Waals surface area contributed by atoms with Crippen LogP contribution < -0.4 is 0 Å². The summed E-state index contributed by atoms with van der Waals surface area (Å²) in [4.78, 5) is 10.6. The summed E-state index contributed by atoms with van der Waals surface area (Å²) in [6.07, 6.45) is 5.19. The van der Waals surface area contributed by atoms with E-state index in [4.69, 9.17) is 9.84 Å². The van der Waals surface area contributed by atoms with Crippen LogP contribution in [-0.2, 0) is 9.53 Å². The molecule has 0 aromatic carbocycles. The minimum absolute atomic E-state index is 0.134. The Labute approximate surface area is 77.7 Å². The molecule has 1 aliphatic carbocycles. The van der Waals surface area contributed by atoms with Gasteiger partial charge in [-0.15, -0.1) is 0 Å². The Morgan fingerprint density at radius 1 is 1.54 bits per heavy atom. The molecule has 0 atom stereocenters. The zero-order chi connectivity index (χ0) is 9.68. The fourth-order valence-electron chi connectivity index (χ4n) is 1.05. The van der Waals surface area contributed by atoms with E-state index < -0.39 is 0 Å². The van der Waals surface area contributed by atoms with Gasteiger partial charge in [0.1, 0.15) is 5.78 Å². The van der Waals surface area contributed by atoms with Crippen LogP contribution in [0.15, 0.2) is 23.7 Å². The molecule has 0 aromatic heterocycles. The lowest BCUT2D eigenvalue weighted by atomic mass is 10.1. The minimum Gasteiger partial charge on any atom is -0.512 e. The largest absolute Gasteiger partial charge is 0.512 e. The summed E-state index contributed by atoms with van der Waals surface area (Å²) in [5.74, 6) is 1.37. The Balaban J connectivity index is 2.26. The van der Waals surface area contributed by atoms with Crippen LogP contribution in [0.3, 0.4) is 0 Å². The maximum Gasteiger partial charge on any atom is 0.133 e. The van der Waals surface area contributed by atoms with Crippen LogP contribution in [0.25, 0.3) is 0 Å². The molecule has 72 valence electrons. The van der Waals surface area contributed by atoms with Gasteiger partial charge in [0.2, 0.25) is 0 Å². The molecule has 0 fully saturated rings. The van der Waals surface area contributed by atoms with Gasteiger partial charge < -0.3 is 9.84 Å². The zero-order valence-corrected chi connectivity index (χ0v) is 7.75. The average molecular weight is 182 g/mol. The summed E-state index contributed by atoms with van der Waals surface area (Å²) in [5.41, 5.74) is 0. The quantitative estimate of drug-likeness (QED) is 0.724. The molecular weight excluding hydrogens is 168 g/mol. The van der Waals surface area contributed by atoms with Crippen LogP contribution in [0, 0.1) is 0 Å². The first-order valence-corrected chi connectivity index (χ1v) is 4.39. The molecule has 1 rings (SSSR count). The summed E-state index contributed by atoms with van der Waals surface area (Å²) < 4.78 is 5.33. The highest BCUT2D eigenvalue weighted by Gasteiger charge is 2.05. The first kappa shape index (κ1) is 9.84. The van der Waals surface area contributed by atoms with Crippen LogP contribution in [0.5, 0.6) is 0 Å². The molecule has 0 spiro atoms. The maximum absolute atomic E-state index is 10.6. The van der Waals surface area contributed by atoms with Gasteiger partial charge in [0.15, 0.2) is 0 Å². The highest BCUT2D eigenvalue weighted by molar-refractivity contribution is 5.75. The van der Waals surface area contributed by atoms with E-state index in [9.17, 15) is 4.79 Å². The summed E-state index contributed by atoms with van der Waals surface area (Å²) >= 11 is 0. The van der Waals surface area contributed by atoms with Gasteiger partial charge in [-0.25, -0.2) is 0 Å². The number of carbonyl (C=O) groups excluding carboxylic acids is 1. The lowest BCUT2D eigenvalue weighted by molar-refractivity contribution is -0.117. The van der Waals surface area contributed by atoms with Gasteiger partial charge in [-0.1, -0.05) is 0 Å². The predicted molar refractivity (Wildman–Crippen MR) is 49.3 cm³/mol.